The molecule has 0 radical (unpaired) electrons. The van der Waals surface area contributed by atoms with Gasteiger partial charge in [0.25, 0.3) is 0 Å². The van der Waals surface area contributed by atoms with Crippen molar-refractivity contribution in [1.82, 2.24) is 0 Å². The maximum absolute atomic E-state index is 11.6. The summed E-state index contributed by atoms with van der Waals surface area (Å²) in [5.74, 6) is 0.0868. The molecule has 1 saturated heterocycles. The Hall–Kier alpha value is -1.33. The number of benzene rings is 1. The molecule has 5 heteroatoms. The Kier molecular flexibility index (Phi) is 4.05. The van der Waals surface area contributed by atoms with Crippen molar-refractivity contribution < 1.29 is 18.8 Å². The van der Waals surface area contributed by atoms with Crippen molar-refractivity contribution in [2.45, 2.75) is 64.1 Å². The standard InChI is InChI=1S/C18H25BO4/c1-17(2)18(3,4)23-19(22-17)14-9-8-12-6-7-13(15(12)11-14)10-16(20)21-5/h8-9,11,13H,6-7,10H2,1-5H3. The first-order valence-electron chi connectivity index (χ1n) is 8.29. The highest BCUT2D eigenvalue weighted by molar-refractivity contribution is 6.62. The fourth-order valence-electron chi connectivity index (χ4n) is 3.33. The summed E-state index contributed by atoms with van der Waals surface area (Å²) in [6.07, 6.45) is 2.45. The number of ether oxygens (including phenoxy) is 1. The van der Waals surface area contributed by atoms with Crippen molar-refractivity contribution in [3.63, 3.8) is 0 Å². The van der Waals surface area contributed by atoms with E-state index in [0.29, 0.717) is 6.42 Å². The van der Waals surface area contributed by atoms with Crippen LogP contribution >= 0.6 is 0 Å². The molecule has 0 N–H and O–H groups in total. The van der Waals surface area contributed by atoms with Crippen LogP contribution in [-0.4, -0.2) is 31.4 Å². The van der Waals surface area contributed by atoms with Gasteiger partial charge in [-0.05, 0) is 63.0 Å². The van der Waals surface area contributed by atoms with E-state index in [2.05, 4.69) is 45.9 Å². The van der Waals surface area contributed by atoms with Crippen LogP contribution in [0.25, 0.3) is 0 Å². The highest BCUT2D eigenvalue weighted by Crippen LogP contribution is 2.38. The molecule has 1 aliphatic heterocycles. The highest BCUT2D eigenvalue weighted by atomic mass is 16.7. The lowest BCUT2D eigenvalue weighted by Crippen LogP contribution is -2.41. The van der Waals surface area contributed by atoms with Crippen molar-refractivity contribution >= 4 is 18.6 Å². The van der Waals surface area contributed by atoms with Gasteiger partial charge in [0.15, 0.2) is 0 Å². The third kappa shape index (κ3) is 2.92. The first-order chi connectivity index (χ1) is 10.7. The summed E-state index contributed by atoms with van der Waals surface area (Å²) in [5.41, 5.74) is 2.89. The summed E-state index contributed by atoms with van der Waals surface area (Å²) in [4.78, 5) is 11.6. The van der Waals surface area contributed by atoms with E-state index < -0.39 is 0 Å². The molecule has 1 fully saturated rings. The topological polar surface area (TPSA) is 44.8 Å². The first-order valence-corrected chi connectivity index (χ1v) is 8.29. The van der Waals surface area contributed by atoms with Gasteiger partial charge >= 0.3 is 13.1 Å². The zero-order chi connectivity index (χ0) is 16.8. The van der Waals surface area contributed by atoms with Crippen LogP contribution in [-0.2, 0) is 25.3 Å². The molecule has 3 rings (SSSR count). The second kappa shape index (κ2) is 5.64. The van der Waals surface area contributed by atoms with Gasteiger partial charge in [-0.1, -0.05) is 18.2 Å². The second-order valence-corrected chi connectivity index (χ2v) is 7.56. The molecule has 0 spiro atoms. The fraction of sp³-hybridized carbons (Fsp3) is 0.611. The normalized spacial score (nSPS) is 24.6. The van der Waals surface area contributed by atoms with E-state index in [-0.39, 0.29) is 30.2 Å². The van der Waals surface area contributed by atoms with Gasteiger partial charge in [-0.25, -0.2) is 0 Å². The van der Waals surface area contributed by atoms with Crippen molar-refractivity contribution in [3.05, 3.63) is 29.3 Å². The zero-order valence-electron chi connectivity index (χ0n) is 14.6. The predicted octanol–water partition coefficient (Wildman–Crippen LogP) is 2.58. The van der Waals surface area contributed by atoms with Crippen molar-refractivity contribution in [3.8, 4) is 0 Å². The second-order valence-electron chi connectivity index (χ2n) is 7.56. The lowest BCUT2D eigenvalue weighted by Gasteiger charge is -2.32. The Balaban J connectivity index is 1.84. The molecule has 0 bridgehead atoms. The van der Waals surface area contributed by atoms with E-state index in [9.17, 15) is 4.79 Å². The van der Waals surface area contributed by atoms with Crippen LogP contribution < -0.4 is 5.46 Å². The van der Waals surface area contributed by atoms with Gasteiger partial charge in [-0.2, -0.15) is 0 Å². The van der Waals surface area contributed by atoms with Crippen LogP contribution in [0.2, 0.25) is 0 Å². The van der Waals surface area contributed by atoms with Gasteiger partial charge in [0.1, 0.15) is 0 Å². The summed E-state index contributed by atoms with van der Waals surface area (Å²) in [6, 6.07) is 6.38. The van der Waals surface area contributed by atoms with Crippen LogP contribution in [0.3, 0.4) is 0 Å². The average molecular weight is 316 g/mol. The molecule has 1 aromatic carbocycles. The molecule has 124 valence electrons. The minimum absolute atomic E-state index is 0.149. The number of fused-ring (bicyclic) bond motifs is 1. The molecular formula is C18H25BO4. The Morgan fingerprint density at radius 2 is 1.91 bits per heavy atom. The van der Waals surface area contributed by atoms with E-state index in [1.807, 2.05) is 0 Å². The largest absolute Gasteiger partial charge is 0.494 e. The van der Waals surface area contributed by atoms with Gasteiger partial charge in [0.05, 0.1) is 24.7 Å². The summed E-state index contributed by atoms with van der Waals surface area (Å²) in [7, 11) is 1.09. The third-order valence-corrected chi connectivity index (χ3v) is 5.54. The van der Waals surface area contributed by atoms with Gasteiger partial charge in [0.2, 0.25) is 0 Å². The molecule has 1 unspecified atom stereocenters. The van der Waals surface area contributed by atoms with E-state index >= 15 is 0 Å². The maximum Gasteiger partial charge on any atom is 0.494 e. The average Bonchev–Trinajstić information content (AvgIpc) is 2.97. The summed E-state index contributed by atoms with van der Waals surface area (Å²) >= 11 is 0. The number of carbonyl (C=O) groups excluding carboxylic acids is 1. The monoisotopic (exact) mass is 316 g/mol. The lowest BCUT2D eigenvalue weighted by molar-refractivity contribution is -0.141. The molecule has 1 aliphatic carbocycles. The summed E-state index contributed by atoms with van der Waals surface area (Å²) in [5, 5.41) is 0. The number of hydrogen-bond acceptors (Lipinski definition) is 4. The Morgan fingerprint density at radius 3 is 2.52 bits per heavy atom. The molecule has 0 aromatic heterocycles. The van der Waals surface area contributed by atoms with Gasteiger partial charge in [0, 0.05) is 0 Å². The van der Waals surface area contributed by atoms with Gasteiger partial charge in [-0.3, -0.25) is 4.79 Å². The molecule has 1 heterocycles. The molecule has 0 saturated carbocycles. The van der Waals surface area contributed by atoms with Crippen molar-refractivity contribution in [1.29, 1.82) is 0 Å². The first kappa shape index (κ1) is 16.5. The number of methoxy groups -OCH3 is 1. The van der Waals surface area contributed by atoms with Gasteiger partial charge in [-0.15, -0.1) is 0 Å². The molecule has 4 nitrogen and oxygen atoms in total. The number of esters is 1. The van der Waals surface area contributed by atoms with Crippen LogP contribution in [0.15, 0.2) is 18.2 Å². The summed E-state index contributed by atoms with van der Waals surface area (Å²) in [6.45, 7) is 8.22. The van der Waals surface area contributed by atoms with E-state index in [0.717, 1.165) is 18.3 Å². The Labute approximate surface area is 138 Å². The number of aryl methyl sites for hydroxylation is 1. The SMILES string of the molecule is COC(=O)CC1CCc2ccc(B3OC(C)(C)C(C)(C)O3)cc21. The summed E-state index contributed by atoms with van der Waals surface area (Å²) < 4.78 is 17.1. The zero-order valence-corrected chi connectivity index (χ0v) is 14.6. The third-order valence-electron chi connectivity index (χ3n) is 5.54. The number of rotatable bonds is 3. The van der Waals surface area contributed by atoms with Crippen molar-refractivity contribution in [2.24, 2.45) is 0 Å². The molecule has 23 heavy (non-hydrogen) atoms. The molecule has 1 aromatic rings. The van der Waals surface area contributed by atoms with Gasteiger partial charge < -0.3 is 14.0 Å². The predicted molar refractivity (Wildman–Crippen MR) is 89.9 cm³/mol. The number of carbonyl (C=O) groups is 1. The quantitative estimate of drug-likeness (QED) is 0.635. The molecule has 0 amide bonds. The molecule has 1 atom stereocenters. The Morgan fingerprint density at radius 1 is 1.26 bits per heavy atom. The number of hydrogen-bond donors (Lipinski definition) is 0. The van der Waals surface area contributed by atoms with Crippen LogP contribution in [0.5, 0.6) is 0 Å². The smallest absolute Gasteiger partial charge is 0.469 e. The lowest BCUT2D eigenvalue weighted by atomic mass is 9.77. The molecular weight excluding hydrogens is 291 g/mol. The Bertz CT molecular complexity index is 607. The van der Waals surface area contributed by atoms with Crippen LogP contribution in [0.1, 0.15) is 57.6 Å². The van der Waals surface area contributed by atoms with Crippen LogP contribution in [0, 0.1) is 0 Å². The van der Waals surface area contributed by atoms with Crippen molar-refractivity contribution in [2.75, 3.05) is 7.11 Å². The fourth-order valence-corrected chi connectivity index (χ4v) is 3.33. The highest BCUT2D eigenvalue weighted by Gasteiger charge is 2.51. The van der Waals surface area contributed by atoms with E-state index in [1.165, 1.54) is 18.2 Å². The maximum atomic E-state index is 11.6. The molecule has 2 aliphatic rings. The minimum Gasteiger partial charge on any atom is -0.469 e. The van der Waals surface area contributed by atoms with E-state index in [1.54, 1.807) is 0 Å². The van der Waals surface area contributed by atoms with Crippen LogP contribution in [0.4, 0.5) is 0 Å². The minimum atomic E-state index is -0.357. The van der Waals surface area contributed by atoms with E-state index in [4.69, 9.17) is 14.0 Å².